The minimum atomic E-state index is 0.624. The number of hydrogen-bond donors (Lipinski definition) is 0. The van der Waals surface area contributed by atoms with Crippen molar-refractivity contribution < 1.29 is 4.74 Å². The lowest BCUT2D eigenvalue weighted by Gasteiger charge is -2.33. The smallest absolute Gasteiger partial charge is 0.164 e. The molecule has 0 atom stereocenters. The molecule has 240 valence electrons. The summed E-state index contributed by atoms with van der Waals surface area (Å²) in [5.74, 6) is 3.53. The van der Waals surface area contributed by atoms with Gasteiger partial charge < -0.3 is 14.2 Å². The Hall–Kier alpha value is -7.05. The molecule has 1 aliphatic rings. The van der Waals surface area contributed by atoms with Crippen LogP contribution in [0.5, 0.6) is 11.5 Å². The summed E-state index contributed by atoms with van der Waals surface area (Å²) in [6.07, 6.45) is 0. The zero-order valence-electron chi connectivity index (χ0n) is 27.4. The number of para-hydroxylation sites is 4. The molecule has 0 saturated carbocycles. The number of benzene rings is 7. The van der Waals surface area contributed by atoms with E-state index >= 15 is 0 Å². The highest BCUT2D eigenvalue weighted by Crippen LogP contribution is 2.52. The van der Waals surface area contributed by atoms with Crippen LogP contribution in [0.3, 0.4) is 0 Å². The molecule has 0 amide bonds. The maximum atomic E-state index is 6.62. The third-order valence-corrected chi connectivity index (χ3v) is 9.42. The number of hydrogen-bond acceptors (Lipinski definition) is 5. The Kier molecular flexibility index (Phi) is 6.70. The average Bonchev–Trinajstić information content (AvgIpc) is 3.53. The minimum Gasteiger partial charge on any atom is -0.453 e. The molecule has 0 saturated heterocycles. The predicted molar refractivity (Wildman–Crippen MR) is 205 cm³/mol. The number of rotatable bonds is 5. The molecule has 7 aromatic carbocycles. The SMILES string of the molecule is c1ccc(-c2nc(-c3ccccc3)nc(-c3ccc(-n4c5ccccc5c5cc6c(cc54)Oc4ccccc4N6c4ccccc4)cc3)n2)cc1. The van der Waals surface area contributed by atoms with E-state index < -0.39 is 0 Å². The van der Waals surface area contributed by atoms with E-state index in [2.05, 4.69) is 107 Å². The van der Waals surface area contributed by atoms with Crippen molar-refractivity contribution in [2.45, 2.75) is 0 Å². The normalized spacial score (nSPS) is 12.0. The van der Waals surface area contributed by atoms with Crippen LogP contribution in [0.4, 0.5) is 17.1 Å². The summed E-state index contributed by atoms with van der Waals surface area (Å²) in [5, 5.41) is 2.32. The lowest BCUT2D eigenvalue weighted by molar-refractivity contribution is 0.477. The second-order valence-electron chi connectivity index (χ2n) is 12.5. The van der Waals surface area contributed by atoms with Gasteiger partial charge in [0.25, 0.3) is 0 Å². The third kappa shape index (κ3) is 4.92. The lowest BCUT2D eigenvalue weighted by Crippen LogP contribution is -2.15. The fourth-order valence-electron chi connectivity index (χ4n) is 7.05. The van der Waals surface area contributed by atoms with E-state index in [0.29, 0.717) is 17.5 Å². The van der Waals surface area contributed by atoms with Crippen LogP contribution in [-0.2, 0) is 0 Å². The molecule has 0 fully saturated rings. The Labute approximate surface area is 294 Å². The van der Waals surface area contributed by atoms with Crippen LogP contribution in [0.1, 0.15) is 0 Å². The number of nitrogens with zero attached hydrogens (tertiary/aromatic N) is 5. The Morgan fingerprint density at radius 1 is 0.373 bits per heavy atom. The van der Waals surface area contributed by atoms with Gasteiger partial charge in [-0.2, -0.15) is 0 Å². The highest BCUT2D eigenvalue weighted by Gasteiger charge is 2.28. The van der Waals surface area contributed by atoms with Gasteiger partial charge in [0.2, 0.25) is 0 Å². The van der Waals surface area contributed by atoms with E-state index in [0.717, 1.165) is 67.4 Å². The molecular weight excluding hydrogens is 627 g/mol. The molecule has 0 N–H and O–H groups in total. The van der Waals surface area contributed by atoms with Gasteiger partial charge in [-0.15, -0.1) is 0 Å². The maximum Gasteiger partial charge on any atom is 0.164 e. The average molecular weight is 656 g/mol. The van der Waals surface area contributed by atoms with Gasteiger partial charge in [-0.25, -0.2) is 15.0 Å². The fraction of sp³-hybridized carbons (Fsp3) is 0. The van der Waals surface area contributed by atoms with Crippen molar-refractivity contribution in [2.75, 3.05) is 4.90 Å². The van der Waals surface area contributed by atoms with E-state index in [4.69, 9.17) is 19.7 Å². The van der Waals surface area contributed by atoms with Gasteiger partial charge in [-0.05, 0) is 60.7 Å². The van der Waals surface area contributed by atoms with Gasteiger partial charge in [0.1, 0.15) is 0 Å². The molecule has 6 heteroatoms. The van der Waals surface area contributed by atoms with Crippen LogP contribution < -0.4 is 9.64 Å². The summed E-state index contributed by atoms with van der Waals surface area (Å²) in [5.41, 5.74) is 9.10. The number of ether oxygens (including phenoxy) is 1. The zero-order valence-corrected chi connectivity index (χ0v) is 27.4. The molecule has 9 aromatic rings. The molecule has 10 rings (SSSR count). The molecule has 51 heavy (non-hydrogen) atoms. The molecule has 0 radical (unpaired) electrons. The Bertz CT molecular complexity index is 2650. The van der Waals surface area contributed by atoms with Crippen LogP contribution in [0.15, 0.2) is 176 Å². The largest absolute Gasteiger partial charge is 0.453 e. The summed E-state index contributed by atoms with van der Waals surface area (Å²) >= 11 is 0. The number of anilines is 3. The molecule has 6 nitrogen and oxygen atoms in total. The second-order valence-corrected chi connectivity index (χ2v) is 12.5. The lowest BCUT2D eigenvalue weighted by atomic mass is 10.1. The molecule has 3 heterocycles. The van der Waals surface area contributed by atoms with E-state index in [1.54, 1.807) is 0 Å². The maximum absolute atomic E-state index is 6.62. The summed E-state index contributed by atoms with van der Waals surface area (Å²) in [4.78, 5) is 17.0. The number of aromatic nitrogens is 4. The number of fused-ring (bicyclic) bond motifs is 5. The van der Waals surface area contributed by atoms with Gasteiger partial charge in [0.15, 0.2) is 29.0 Å². The van der Waals surface area contributed by atoms with Gasteiger partial charge in [0.05, 0.1) is 22.4 Å². The van der Waals surface area contributed by atoms with Crippen LogP contribution in [0.25, 0.3) is 61.7 Å². The first-order valence-corrected chi connectivity index (χ1v) is 17.0. The third-order valence-electron chi connectivity index (χ3n) is 9.42. The van der Waals surface area contributed by atoms with Crippen molar-refractivity contribution in [3.8, 4) is 51.3 Å². The van der Waals surface area contributed by atoms with Gasteiger partial charge in [-0.1, -0.05) is 109 Å². The summed E-state index contributed by atoms with van der Waals surface area (Å²) in [6, 6.07) is 60.3. The van der Waals surface area contributed by atoms with E-state index in [9.17, 15) is 0 Å². The Balaban J connectivity index is 1.12. The van der Waals surface area contributed by atoms with Crippen LogP contribution in [-0.4, -0.2) is 19.5 Å². The summed E-state index contributed by atoms with van der Waals surface area (Å²) < 4.78 is 8.93. The monoisotopic (exact) mass is 655 g/mol. The van der Waals surface area contributed by atoms with Gasteiger partial charge >= 0.3 is 0 Å². The van der Waals surface area contributed by atoms with Crippen molar-refractivity contribution in [3.63, 3.8) is 0 Å². The Morgan fingerprint density at radius 2 is 0.922 bits per heavy atom. The molecule has 0 unspecified atom stereocenters. The first-order valence-electron chi connectivity index (χ1n) is 17.0. The van der Waals surface area contributed by atoms with E-state index in [1.165, 1.54) is 5.39 Å². The van der Waals surface area contributed by atoms with Crippen molar-refractivity contribution in [1.29, 1.82) is 0 Å². The quantitative estimate of drug-likeness (QED) is 0.185. The topological polar surface area (TPSA) is 56.1 Å². The highest BCUT2D eigenvalue weighted by atomic mass is 16.5. The molecule has 0 bridgehead atoms. The van der Waals surface area contributed by atoms with Crippen molar-refractivity contribution in [3.05, 3.63) is 176 Å². The molecule has 0 aliphatic carbocycles. The summed E-state index contributed by atoms with van der Waals surface area (Å²) in [7, 11) is 0. The van der Waals surface area contributed by atoms with Crippen LogP contribution >= 0.6 is 0 Å². The predicted octanol–water partition coefficient (Wildman–Crippen LogP) is 11.5. The van der Waals surface area contributed by atoms with Crippen molar-refractivity contribution in [1.82, 2.24) is 19.5 Å². The Morgan fingerprint density at radius 3 is 1.59 bits per heavy atom. The molecule has 0 spiro atoms. The van der Waals surface area contributed by atoms with Crippen molar-refractivity contribution >= 4 is 38.9 Å². The second kappa shape index (κ2) is 11.8. The van der Waals surface area contributed by atoms with Gasteiger partial charge in [0, 0.05) is 44.9 Å². The summed E-state index contributed by atoms with van der Waals surface area (Å²) in [6.45, 7) is 0. The highest BCUT2D eigenvalue weighted by molar-refractivity contribution is 6.12. The fourth-order valence-corrected chi connectivity index (χ4v) is 7.05. The molecule has 2 aromatic heterocycles. The van der Waals surface area contributed by atoms with Crippen LogP contribution in [0.2, 0.25) is 0 Å². The minimum absolute atomic E-state index is 0.624. The van der Waals surface area contributed by atoms with E-state index in [1.807, 2.05) is 78.9 Å². The standard InChI is InChI=1S/C45H29N5O/c1-4-14-30(15-5-1)43-46-44(31-16-6-2-7-17-31)48-45(47-43)32-24-26-34(27-25-32)49-37-21-11-10-20-35(37)36-28-40-42(29-39(36)49)51-41-23-13-12-22-38(41)50(40)33-18-8-3-9-19-33/h1-29H. The van der Waals surface area contributed by atoms with Crippen LogP contribution in [0, 0.1) is 0 Å². The van der Waals surface area contributed by atoms with Gasteiger partial charge in [-0.3, -0.25) is 0 Å². The van der Waals surface area contributed by atoms with E-state index in [-0.39, 0.29) is 0 Å². The molecular formula is C45H29N5O. The zero-order chi connectivity index (χ0) is 33.7. The van der Waals surface area contributed by atoms with Crippen molar-refractivity contribution in [2.24, 2.45) is 0 Å². The molecule has 1 aliphatic heterocycles. The first-order chi connectivity index (χ1) is 25.3. The first kappa shape index (κ1) is 28.9.